The average molecular weight is 245 g/mol. The van der Waals surface area contributed by atoms with Crippen LogP contribution in [0, 0.1) is 5.41 Å². The van der Waals surface area contributed by atoms with Crippen molar-refractivity contribution in [2.75, 3.05) is 0 Å². The highest BCUT2D eigenvalue weighted by atomic mass is 16.1. The lowest BCUT2D eigenvalue weighted by Gasteiger charge is -2.16. The van der Waals surface area contributed by atoms with Gasteiger partial charge in [0.15, 0.2) is 5.78 Å². The molecule has 2 nitrogen and oxygen atoms in total. The van der Waals surface area contributed by atoms with Crippen LogP contribution in [0.25, 0.3) is 0 Å². The highest BCUT2D eigenvalue weighted by molar-refractivity contribution is 6.00. The Morgan fingerprint density at radius 1 is 1.00 bits per heavy atom. The van der Waals surface area contributed by atoms with E-state index in [1.54, 1.807) is 0 Å². The van der Waals surface area contributed by atoms with E-state index >= 15 is 0 Å². The van der Waals surface area contributed by atoms with E-state index < -0.39 is 0 Å². The van der Waals surface area contributed by atoms with Gasteiger partial charge in [0.1, 0.15) is 0 Å². The summed E-state index contributed by atoms with van der Waals surface area (Å²) in [5.74, 6) is 0.168. The third kappa shape index (κ3) is 4.44. The molecule has 2 heteroatoms. The number of carbonyl (C=O) groups is 1. The van der Waals surface area contributed by atoms with Crippen LogP contribution in [0.2, 0.25) is 0 Å². The van der Waals surface area contributed by atoms with Crippen LogP contribution in [-0.4, -0.2) is 17.5 Å². The molecule has 0 amide bonds. The number of carbonyl (C=O) groups excluding carboxylic acids is 1. The molecule has 18 heavy (non-hydrogen) atoms. The summed E-state index contributed by atoms with van der Waals surface area (Å²) in [4.78, 5) is 16.5. The molecule has 0 aliphatic heterocycles. The van der Waals surface area contributed by atoms with E-state index in [4.69, 9.17) is 0 Å². The van der Waals surface area contributed by atoms with E-state index in [9.17, 15) is 4.79 Å². The first-order valence-corrected chi connectivity index (χ1v) is 6.30. The molecule has 0 saturated heterocycles. The molecule has 1 aromatic carbocycles. The lowest BCUT2D eigenvalue weighted by Crippen LogP contribution is -2.20. The van der Waals surface area contributed by atoms with Crippen molar-refractivity contribution in [3.05, 3.63) is 35.4 Å². The zero-order chi connectivity index (χ0) is 14.0. The molecule has 0 fully saturated rings. The van der Waals surface area contributed by atoms with E-state index in [2.05, 4.69) is 25.8 Å². The van der Waals surface area contributed by atoms with Crippen LogP contribution in [0.1, 0.15) is 57.5 Å². The van der Waals surface area contributed by atoms with Gasteiger partial charge in [0.25, 0.3) is 0 Å². The number of Topliss-reactive ketones (excluding diaryl/α,β-unsaturated/α-hetero) is 1. The summed E-state index contributed by atoms with van der Waals surface area (Å²) in [6.07, 6.45) is 1.85. The maximum absolute atomic E-state index is 12.1. The number of hydrogen-bond donors (Lipinski definition) is 0. The molecule has 0 heterocycles. The van der Waals surface area contributed by atoms with Crippen LogP contribution in [0.15, 0.2) is 29.3 Å². The maximum Gasteiger partial charge on any atom is 0.168 e. The van der Waals surface area contributed by atoms with E-state index in [0.717, 1.165) is 11.1 Å². The fraction of sp³-hybridized carbons (Fsp3) is 0.500. The zero-order valence-electron chi connectivity index (χ0n) is 12.2. The summed E-state index contributed by atoms with van der Waals surface area (Å²) in [6.45, 7) is 12.0. The maximum atomic E-state index is 12.1. The molecule has 0 aliphatic rings. The predicted molar refractivity (Wildman–Crippen MR) is 77.6 cm³/mol. The Morgan fingerprint density at radius 2 is 1.50 bits per heavy atom. The fourth-order valence-electron chi connectivity index (χ4n) is 1.42. The fourth-order valence-corrected chi connectivity index (χ4v) is 1.42. The second-order valence-corrected chi connectivity index (χ2v) is 6.63. The SMILES string of the molecule is CC(C)(C)N=Cc1ccc(C(=O)C(C)(C)C)cc1. The minimum absolute atomic E-state index is 0.0695. The number of rotatable bonds is 2. The van der Waals surface area contributed by atoms with Gasteiger partial charge in [-0.25, -0.2) is 0 Å². The third-order valence-electron chi connectivity index (χ3n) is 2.45. The van der Waals surface area contributed by atoms with Gasteiger partial charge in [-0.2, -0.15) is 0 Å². The number of nitrogens with zero attached hydrogens (tertiary/aromatic N) is 1. The largest absolute Gasteiger partial charge is 0.294 e. The molecule has 0 saturated carbocycles. The third-order valence-corrected chi connectivity index (χ3v) is 2.45. The number of aliphatic imine (C=N–C) groups is 1. The normalized spacial score (nSPS) is 13.0. The summed E-state index contributed by atoms with van der Waals surface area (Å²) in [5.41, 5.74) is 1.38. The lowest BCUT2D eigenvalue weighted by molar-refractivity contribution is 0.0858. The molecular formula is C16H23NO. The van der Waals surface area contributed by atoms with Gasteiger partial charge < -0.3 is 0 Å². The Balaban J connectivity index is 2.88. The number of ketones is 1. The van der Waals surface area contributed by atoms with Crippen LogP contribution >= 0.6 is 0 Å². The molecule has 0 atom stereocenters. The molecule has 1 rings (SSSR count). The Labute approximate surface area is 110 Å². The highest BCUT2D eigenvalue weighted by Gasteiger charge is 2.22. The van der Waals surface area contributed by atoms with Gasteiger partial charge in [-0.15, -0.1) is 0 Å². The first-order valence-electron chi connectivity index (χ1n) is 6.30. The highest BCUT2D eigenvalue weighted by Crippen LogP contribution is 2.20. The van der Waals surface area contributed by atoms with E-state index in [0.29, 0.717) is 0 Å². The van der Waals surface area contributed by atoms with Gasteiger partial charge in [0.2, 0.25) is 0 Å². The Hall–Kier alpha value is -1.44. The van der Waals surface area contributed by atoms with E-state index in [1.807, 2.05) is 51.3 Å². The molecule has 98 valence electrons. The summed E-state index contributed by atoms with van der Waals surface area (Å²) in [5, 5.41) is 0. The van der Waals surface area contributed by atoms with Gasteiger partial charge in [-0.1, -0.05) is 45.0 Å². The van der Waals surface area contributed by atoms with Crippen LogP contribution in [0.5, 0.6) is 0 Å². The van der Waals surface area contributed by atoms with Gasteiger partial charge >= 0.3 is 0 Å². The monoisotopic (exact) mass is 245 g/mol. The van der Waals surface area contributed by atoms with E-state index in [-0.39, 0.29) is 16.7 Å². The topological polar surface area (TPSA) is 29.4 Å². The number of benzene rings is 1. The molecule has 0 radical (unpaired) electrons. The van der Waals surface area contributed by atoms with Crippen LogP contribution in [0.4, 0.5) is 0 Å². The molecule has 1 aromatic rings. The van der Waals surface area contributed by atoms with Crippen molar-refractivity contribution in [2.24, 2.45) is 10.4 Å². The average Bonchev–Trinajstić information content (AvgIpc) is 2.24. The Morgan fingerprint density at radius 3 is 1.89 bits per heavy atom. The standard InChI is InChI=1S/C16H23NO/c1-15(2,3)14(18)13-9-7-12(8-10-13)11-17-16(4,5)6/h7-11H,1-6H3. The second-order valence-electron chi connectivity index (χ2n) is 6.63. The summed E-state index contributed by atoms with van der Waals surface area (Å²) < 4.78 is 0. The smallest absolute Gasteiger partial charge is 0.168 e. The van der Waals surface area contributed by atoms with E-state index in [1.165, 1.54) is 0 Å². The molecule has 0 spiro atoms. The second kappa shape index (κ2) is 5.05. The predicted octanol–water partition coefficient (Wildman–Crippen LogP) is 4.13. The summed E-state index contributed by atoms with van der Waals surface area (Å²) in [6, 6.07) is 7.62. The zero-order valence-corrected chi connectivity index (χ0v) is 12.2. The lowest BCUT2D eigenvalue weighted by atomic mass is 9.86. The molecule has 0 aliphatic carbocycles. The van der Waals surface area contributed by atoms with Crippen molar-refractivity contribution in [3.8, 4) is 0 Å². The van der Waals surface area contributed by atoms with Crippen molar-refractivity contribution >= 4 is 12.0 Å². The minimum atomic E-state index is -0.332. The molecular weight excluding hydrogens is 222 g/mol. The molecule has 0 unspecified atom stereocenters. The van der Waals surface area contributed by atoms with Crippen molar-refractivity contribution in [1.82, 2.24) is 0 Å². The van der Waals surface area contributed by atoms with Crippen molar-refractivity contribution in [2.45, 2.75) is 47.1 Å². The molecule has 0 aromatic heterocycles. The van der Waals surface area contributed by atoms with Crippen molar-refractivity contribution in [1.29, 1.82) is 0 Å². The molecule has 0 bridgehead atoms. The van der Waals surface area contributed by atoms with Gasteiger partial charge in [0, 0.05) is 17.2 Å². The van der Waals surface area contributed by atoms with Crippen molar-refractivity contribution in [3.63, 3.8) is 0 Å². The summed E-state index contributed by atoms with van der Waals surface area (Å²) >= 11 is 0. The van der Waals surface area contributed by atoms with Gasteiger partial charge in [0.05, 0.1) is 5.54 Å². The summed E-state index contributed by atoms with van der Waals surface area (Å²) in [7, 11) is 0. The first-order chi connectivity index (χ1) is 8.09. The number of hydrogen-bond acceptors (Lipinski definition) is 2. The first kappa shape index (κ1) is 14.6. The van der Waals surface area contributed by atoms with Gasteiger partial charge in [-0.3, -0.25) is 9.79 Å². The minimum Gasteiger partial charge on any atom is -0.294 e. The molecule has 0 N–H and O–H groups in total. The van der Waals surface area contributed by atoms with Crippen LogP contribution in [0.3, 0.4) is 0 Å². The Bertz CT molecular complexity index is 441. The Kier molecular flexibility index (Phi) is 4.10. The van der Waals surface area contributed by atoms with Gasteiger partial charge in [-0.05, 0) is 26.3 Å². The van der Waals surface area contributed by atoms with Crippen molar-refractivity contribution < 1.29 is 4.79 Å². The van der Waals surface area contributed by atoms with Crippen LogP contribution < -0.4 is 0 Å². The van der Waals surface area contributed by atoms with Crippen LogP contribution in [-0.2, 0) is 0 Å². The quantitative estimate of drug-likeness (QED) is 0.569.